The van der Waals surface area contributed by atoms with Gasteiger partial charge in [0.25, 0.3) is 0 Å². The maximum Gasteiger partial charge on any atom is 0.240 e. The number of rotatable bonds is 3. The minimum absolute atomic E-state index is 0.0256. The van der Waals surface area contributed by atoms with E-state index in [4.69, 9.17) is 5.73 Å². The molecule has 3 rings (SSSR count). The average molecular weight is 248 g/mol. The Kier molecular flexibility index (Phi) is 2.29. The van der Waals surface area contributed by atoms with Crippen LogP contribution in [0.1, 0.15) is 18.5 Å². The summed E-state index contributed by atoms with van der Waals surface area (Å²) in [4.78, 5) is 16.1. The Balaban J connectivity index is 1.94. The summed E-state index contributed by atoms with van der Waals surface area (Å²) in [5.41, 5.74) is 8.23. The maximum absolute atomic E-state index is 11.8. The quantitative estimate of drug-likeness (QED) is 0.796. The van der Waals surface area contributed by atoms with Gasteiger partial charge in [-0.05, 0) is 19.8 Å². The minimum Gasteiger partial charge on any atom is -0.369 e. The van der Waals surface area contributed by atoms with Gasteiger partial charge in [0.15, 0.2) is 5.65 Å². The summed E-state index contributed by atoms with van der Waals surface area (Å²) in [5, 5.41) is 7.22. The highest BCUT2D eigenvalue weighted by Gasteiger charge is 2.24. The number of hydrogen-bond donors (Lipinski definition) is 2. The molecule has 0 aliphatic heterocycles. The predicted octanol–water partition coefficient (Wildman–Crippen LogP) is -0.0610. The zero-order valence-corrected chi connectivity index (χ0v) is 10.5. The molecule has 1 fully saturated rings. The van der Waals surface area contributed by atoms with Crippen LogP contribution in [0, 0.1) is 6.92 Å². The Hall–Kier alpha value is -2.05. The van der Waals surface area contributed by atoms with Crippen LogP contribution in [0.25, 0.3) is 11.2 Å². The second kappa shape index (κ2) is 3.72. The van der Waals surface area contributed by atoms with Crippen molar-refractivity contribution in [2.45, 2.75) is 32.4 Å². The van der Waals surface area contributed by atoms with Crippen LogP contribution >= 0.6 is 0 Å². The molecule has 1 amide bonds. The molecular formula is C11H16N6O. The van der Waals surface area contributed by atoms with E-state index in [0.29, 0.717) is 12.0 Å². The SMILES string of the molecule is Cc1nn(C)c2c1nc(N)n2CC(=O)NC1CC1. The molecule has 0 bridgehead atoms. The molecule has 3 N–H and O–H groups in total. The van der Waals surface area contributed by atoms with Crippen LogP contribution < -0.4 is 11.1 Å². The molecule has 2 aromatic rings. The summed E-state index contributed by atoms with van der Waals surface area (Å²) in [6.45, 7) is 2.07. The van der Waals surface area contributed by atoms with Crippen molar-refractivity contribution in [1.82, 2.24) is 24.6 Å². The van der Waals surface area contributed by atoms with Gasteiger partial charge in [-0.15, -0.1) is 0 Å². The smallest absolute Gasteiger partial charge is 0.240 e. The van der Waals surface area contributed by atoms with E-state index in [2.05, 4.69) is 15.4 Å². The third-order valence-electron chi connectivity index (χ3n) is 3.16. The van der Waals surface area contributed by atoms with Crippen LogP contribution in [-0.2, 0) is 18.4 Å². The van der Waals surface area contributed by atoms with E-state index in [1.807, 2.05) is 14.0 Å². The Morgan fingerprint density at radius 1 is 1.56 bits per heavy atom. The van der Waals surface area contributed by atoms with E-state index in [1.165, 1.54) is 0 Å². The summed E-state index contributed by atoms with van der Waals surface area (Å²) < 4.78 is 3.41. The maximum atomic E-state index is 11.8. The molecule has 0 radical (unpaired) electrons. The van der Waals surface area contributed by atoms with Crippen LogP contribution in [0.2, 0.25) is 0 Å². The number of anilines is 1. The number of hydrogen-bond acceptors (Lipinski definition) is 4. The Morgan fingerprint density at radius 2 is 2.28 bits per heavy atom. The molecule has 7 heteroatoms. The lowest BCUT2D eigenvalue weighted by molar-refractivity contribution is -0.121. The lowest BCUT2D eigenvalue weighted by Gasteiger charge is -2.07. The molecular weight excluding hydrogens is 232 g/mol. The topological polar surface area (TPSA) is 90.8 Å². The van der Waals surface area contributed by atoms with Gasteiger partial charge in [0, 0.05) is 13.1 Å². The van der Waals surface area contributed by atoms with Crippen molar-refractivity contribution in [3.8, 4) is 0 Å². The summed E-state index contributed by atoms with van der Waals surface area (Å²) in [6, 6.07) is 0.353. The highest BCUT2D eigenvalue weighted by Crippen LogP contribution is 2.21. The van der Waals surface area contributed by atoms with E-state index in [-0.39, 0.29) is 12.5 Å². The van der Waals surface area contributed by atoms with Crippen molar-refractivity contribution < 1.29 is 4.79 Å². The number of imidazole rings is 1. The highest BCUT2D eigenvalue weighted by atomic mass is 16.2. The lowest BCUT2D eigenvalue weighted by Crippen LogP contribution is -2.29. The molecule has 1 aliphatic carbocycles. The van der Waals surface area contributed by atoms with Crippen LogP contribution in [0.4, 0.5) is 5.95 Å². The van der Waals surface area contributed by atoms with Crippen LogP contribution in [-0.4, -0.2) is 31.3 Å². The van der Waals surface area contributed by atoms with Gasteiger partial charge in [-0.1, -0.05) is 0 Å². The van der Waals surface area contributed by atoms with Gasteiger partial charge in [-0.2, -0.15) is 5.10 Å². The highest BCUT2D eigenvalue weighted by molar-refractivity contribution is 5.82. The van der Waals surface area contributed by atoms with E-state index in [9.17, 15) is 4.79 Å². The number of nitrogens with two attached hydrogens (primary N) is 1. The Morgan fingerprint density at radius 3 is 2.94 bits per heavy atom. The Bertz CT molecular complexity index is 621. The first-order valence-corrected chi connectivity index (χ1v) is 6.01. The number of fused-ring (bicyclic) bond motifs is 1. The van der Waals surface area contributed by atoms with Crippen molar-refractivity contribution in [1.29, 1.82) is 0 Å². The normalized spacial score (nSPS) is 15.2. The van der Waals surface area contributed by atoms with Gasteiger partial charge >= 0.3 is 0 Å². The summed E-state index contributed by atoms with van der Waals surface area (Å²) in [5.74, 6) is 0.328. The molecule has 1 aliphatic rings. The monoisotopic (exact) mass is 248 g/mol. The number of aromatic nitrogens is 4. The number of amides is 1. The van der Waals surface area contributed by atoms with E-state index in [1.54, 1.807) is 9.25 Å². The zero-order valence-electron chi connectivity index (χ0n) is 10.5. The molecule has 2 aromatic heterocycles. The van der Waals surface area contributed by atoms with Gasteiger partial charge in [0.05, 0.1) is 5.69 Å². The van der Waals surface area contributed by atoms with Crippen LogP contribution in [0.15, 0.2) is 0 Å². The Labute approximate surface area is 104 Å². The van der Waals surface area contributed by atoms with Crippen molar-refractivity contribution in [2.24, 2.45) is 7.05 Å². The first-order valence-electron chi connectivity index (χ1n) is 6.01. The van der Waals surface area contributed by atoms with Crippen molar-refractivity contribution >= 4 is 23.0 Å². The van der Waals surface area contributed by atoms with Crippen LogP contribution in [0.3, 0.4) is 0 Å². The van der Waals surface area contributed by atoms with Gasteiger partial charge in [-0.25, -0.2) is 4.98 Å². The molecule has 0 aromatic carbocycles. The van der Waals surface area contributed by atoms with Gasteiger partial charge in [-0.3, -0.25) is 14.0 Å². The molecule has 0 unspecified atom stereocenters. The van der Waals surface area contributed by atoms with Gasteiger partial charge in [0.1, 0.15) is 12.1 Å². The number of carbonyl (C=O) groups excluding carboxylic acids is 1. The van der Waals surface area contributed by atoms with E-state index < -0.39 is 0 Å². The van der Waals surface area contributed by atoms with Crippen molar-refractivity contribution in [3.05, 3.63) is 5.69 Å². The fraction of sp³-hybridized carbons (Fsp3) is 0.545. The molecule has 0 saturated heterocycles. The third kappa shape index (κ3) is 1.71. The molecule has 1 saturated carbocycles. The fourth-order valence-electron chi connectivity index (χ4n) is 2.15. The first-order chi connectivity index (χ1) is 8.56. The van der Waals surface area contributed by atoms with Crippen molar-refractivity contribution in [2.75, 3.05) is 5.73 Å². The second-order valence-electron chi connectivity index (χ2n) is 4.78. The summed E-state index contributed by atoms with van der Waals surface area (Å²) in [6.07, 6.45) is 2.15. The molecule has 0 spiro atoms. The van der Waals surface area contributed by atoms with E-state index in [0.717, 1.165) is 29.7 Å². The van der Waals surface area contributed by atoms with Crippen molar-refractivity contribution in [3.63, 3.8) is 0 Å². The zero-order chi connectivity index (χ0) is 12.9. The molecule has 18 heavy (non-hydrogen) atoms. The molecule has 2 heterocycles. The van der Waals surface area contributed by atoms with Gasteiger partial charge in [0.2, 0.25) is 11.9 Å². The predicted molar refractivity (Wildman–Crippen MR) is 66.8 cm³/mol. The van der Waals surface area contributed by atoms with Crippen LogP contribution in [0.5, 0.6) is 0 Å². The van der Waals surface area contributed by atoms with E-state index >= 15 is 0 Å². The number of nitrogen functional groups attached to an aromatic ring is 1. The first kappa shape index (κ1) is 11.1. The molecule has 0 atom stereocenters. The standard InChI is InChI=1S/C11H16N6O/c1-6-9-10(16(2)15-6)17(11(12)14-9)5-8(18)13-7-3-4-7/h7H,3-5H2,1-2H3,(H2,12,14)(H,13,18). The fourth-order valence-corrected chi connectivity index (χ4v) is 2.15. The number of carbonyl (C=O) groups is 1. The lowest BCUT2D eigenvalue weighted by atomic mass is 10.4. The average Bonchev–Trinajstić information content (AvgIpc) is 2.97. The number of aryl methyl sites for hydroxylation is 2. The third-order valence-corrected chi connectivity index (χ3v) is 3.16. The minimum atomic E-state index is -0.0256. The number of nitrogens with zero attached hydrogens (tertiary/aromatic N) is 4. The largest absolute Gasteiger partial charge is 0.369 e. The summed E-state index contributed by atoms with van der Waals surface area (Å²) in [7, 11) is 1.83. The summed E-state index contributed by atoms with van der Waals surface area (Å²) >= 11 is 0. The molecule has 7 nitrogen and oxygen atoms in total. The second-order valence-corrected chi connectivity index (χ2v) is 4.78. The number of nitrogens with one attached hydrogen (secondary N) is 1. The molecule has 96 valence electrons. The van der Waals surface area contributed by atoms with Gasteiger partial charge < -0.3 is 11.1 Å².